The van der Waals surface area contributed by atoms with Crippen molar-refractivity contribution in [2.75, 3.05) is 6.61 Å². The summed E-state index contributed by atoms with van der Waals surface area (Å²) in [5.41, 5.74) is 0. The van der Waals surface area contributed by atoms with Crippen LogP contribution in [0, 0.1) is 5.92 Å². The third-order valence-corrected chi connectivity index (χ3v) is 3.89. The molecule has 1 aliphatic rings. The van der Waals surface area contributed by atoms with Gasteiger partial charge in [0.15, 0.2) is 0 Å². The Bertz CT molecular complexity index is 149. The van der Waals surface area contributed by atoms with Gasteiger partial charge < -0.3 is 5.11 Å². The first-order valence-electron chi connectivity index (χ1n) is 6.58. The van der Waals surface area contributed by atoms with Crippen LogP contribution in [0.15, 0.2) is 0 Å². The second-order valence-corrected chi connectivity index (χ2v) is 5.53. The van der Waals surface area contributed by atoms with E-state index in [9.17, 15) is 0 Å². The average molecular weight is 233 g/mol. The minimum Gasteiger partial charge on any atom is -0.396 e. The molecule has 0 aliphatic heterocycles. The average Bonchev–Trinajstić information content (AvgIpc) is 2.63. The van der Waals surface area contributed by atoms with Crippen molar-refractivity contribution in [3.05, 3.63) is 0 Å². The van der Waals surface area contributed by atoms with Crippen LogP contribution in [-0.4, -0.2) is 17.1 Å². The van der Waals surface area contributed by atoms with Gasteiger partial charge in [0.25, 0.3) is 0 Å². The predicted octanol–water partition coefficient (Wildman–Crippen LogP) is 4.12. The normalized spacial score (nSPS) is 26.0. The van der Waals surface area contributed by atoms with E-state index in [1.807, 2.05) is 0 Å². The first-order chi connectivity index (χ1) is 7.33. The van der Waals surface area contributed by atoms with Crippen LogP contribution in [0.1, 0.15) is 64.2 Å². The molecule has 0 aromatic rings. The van der Waals surface area contributed by atoms with E-state index in [1.165, 1.54) is 57.8 Å². The van der Waals surface area contributed by atoms with Crippen LogP contribution in [0.25, 0.3) is 0 Å². The molecule has 2 atom stereocenters. The lowest BCUT2D eigenvalue weighted by atomic mass is 9.99. The van der Waals surface area contributed by atoms with Gasteiger partial charge in [0.2, 0.25) is 0 Å². The molecule has 0 spiro atoms. The molecule has 0 aromatic heterocycles. The van der Waals surface area contributed by atoms with Crippen molar-refractivity contribution >= 4 is 11.6 Å². The summed E-state index contributed by atoms with van der Waals surface area (Å²) in [6, 6.07) is 0. The van der Waals surface area contributed by atoms with Crippen LogP contribution in [-0.2, 0) is 0 Å². The lowest BCUT2D eigenvalue weighted by Crippen LogP contribution is -1.95. The van der Waals surface area contributed by atoms with Crippen molar-refractivity contribution in [3.8, 4) is 0 Å². The van der Waals surface area contributed by atoms with Crippen LogP contribution in [0.2, 0.25) is 0 Å². The zero-order valence-corrected chi connectivity index (χ0v) is 10.5. The number of aliphatic hydroxyl groups is 1. The topological polar surface area (TPSA) is 20.2 Å². The van der Waals surface area contributed by atoms with Crippen LogP contribution in [0.3, 0.4) is 0 Å². The number of aliphatic hydroxyl groups excluding tert-OH is 1. The van der Waals surface area contributed by atoms with E-state index in [-0.39, 0.29) is 0 Å². The molecule has 15 heavy (non-hydrogen) atoms. The van der Waals surface area contributed by atoms with E-state index in [1.54, 1.807) is 0 Å². The van der Waals surface area contributed by atoms with Crippen molar-refractivity contribution in [2.24, 2.45) is 5.92 Å². The third-order valence-electron chi connectivity index (χ3n) is 3.50. The Morgan fingerprint density at radius 3 is 2.20 bits per heavy atom. The summed E-state index contributed by atoms with van der Waals surface area (Å²) >= 11 is 6.08. The smallest absolute Gasteiger partial charge is 0.0431 e. The Balaban J connectivity index is 1.81. The van der Waals surface area contributed by atoms with Crippen LogP contribution in [0.5, 0.6) is 0 Å². The molecule has 1 unspecified atom stereocenters. The minimum absolute atomic E-state index is 0.360. The molecule has 1 aliphatic carbocycles. The number of hydrogen-bond donors (Lipinski definition) is 1. The maximum Gasteiger partial charge on any atom is 0.0431 e. The highest BCUT2D eigenvalue weighted by atomic mass is 35.5. The van der Waals surface area contributed by atoms with Crippen LogP contribution >= 0.6 is 11.6 Å². The summed E-state index contributed by atoms with van der Waals surface area (Å²) in [5, 5.41) is 9.10. The van der Waals surface area contributed by atoms with Gasteiger partial charge in [-0.15, -0.1) is 11.6 Å². The predicted molar refractivity (Wildman–Crippen MR) is 66.4 cm³/mol. The molecule has 1 nitrogen and oxygen atoms in total. The zero-order valence-electron chi connectivity index (χ0n) is 9.76. The Morgan fingerprint density at radius 2 is 1.60 bits per heavy atom. The minimum atomic E-state index is 0.360. The molecule has 90 valence electrons. The molecular formula is C13H25ClO. The SMILES string of the molecule is OCCCCCCCCC1CC[C@@H](Cl)C1. The molecule has 1 fully saturated rings. The fourth-order valence-electron chi connectivity index (χ4n) is 2.53. The number of unbranched alkanes of at least 4 members (excludes halogenated alkanes) is 5. The zero-order chi connectivity index (χ0) is 10.9. The largest absolute Gasteiger partial charge is 0.396 e. The van der Waals surface area contributed by atoms with Gasteiger partial charge in [-0.05, 0) is 31.6 Å². The van der Waals surface area contributed by atoms with Crippen molar-refractivity contribution in [2.45, 2.75) is 69.6 Å². The van der Waals surface area contributed by atoms with Crippen LogP contribution in [0.4, 0.5) is 0 Å². The molecule has 1 rings (SSSR count). The monoisotopic (exact) mass is 232 g/mol. The summed E-state index contributed by atoms with van der Waals surface area (Å²) in [6.07, 6.45) is 12.8. The lowest BCUT2D eigenvalue weighted by Gasteiger charge is -2.08. The lowest BCUT2D eigenvalue weighted by molar-refractivity contribution is 0.282. The Labute approximate surface area is 99.2 Å². The Kier molecular flexibility index (Phi) is 7.46. The number of rotatable bonds is 8. The molecule has 1 saturated carbocycles. The fraction of sp³-hybridized carbons (Fsp3) is 1.00. The molecule has 0 radical (unpaired) electrons. The molecule has 0 amide bonds. The van der Waals surface area contributed by atoms with Gasteiger partial charge in [-0.25, -0.2) is 0 Å². The quantitative estimate of drug-likeness (QED) is 0.493. The van der Waals surface area contributed by atoms with Gasteiger partial charge in [-0.3, -0.25) is 0 Å². The molecule has 0 bridgehead atoms. The van der Waals surface area contributed by atoms with E-state index in [2.05, 4.69) is 0 Å². The van der Waals surface area contributed by atoms with Crippen LogP contribution < -0.4 is 0 Å². The highest BCUT2D eigenvalue weighted by molar-refractivity contribution is 6.20. The summed E-state index contributed by atoms with van der Waals surface area (Å²) in [7, 11) is 0. The summed E-state index contributed by atoms with van der Waals surface area (Å²) in [4.78, 5) is 0. The molecule has 0 aromatic carbocycles. The standard InChI is InChI=1S/C13H25ClO/c14-13-9-8-12(11-13)7-5-3-1-2-4-6-10-15/h12-13,15H,1-11H2/t12?,13-/m1/s1. The van der Waals surface area contributed by atoms with Gasteiger partial charge in [0, 0.05) is 12.0 Å². The highest BCUT2D eigenvalue weighted by Crippen LogP contribution is 2.32. The first kappa shape index (κ1) is 13.3. The number of hydrogen-bond acceptors (Lipinski definition) is 1. The Morgan fingerprint density at radius 1 is 0.933 bits per heavy atom. The van der Waals surface area contributed by atoms with Gasteiger partial charge in [0.1, 0.15) is 0 Å². The first-order valence-corrected chi connectivity index (χ1v) is 7.01. The third kappa shape index (κ3) is 6.42. The van der Waals surface area contributed by atoms with Gasteiger partial charge in [-0.2, -0.15) is 0 Å². The molecular weight excluding hydrogens is 208 g/mol. The van der Waals surface area contributed by atoms with Gasteiger partial charge in [0.05, 0.1) is 0 Å². The van der Waals surface area contributed by atoms with Crippen molar-refractivity contribution in [3.63, 3.8) is 0 Å². The van der Waals surface area contributed by atoms with E-state index in [4.69, 9.17) is 16.7 Å². The van der Waals surface area contributed by atoms with Gasteiger partial charge in [-0.1, -0.05) is 38.5 Å². The van der Waals surface area contributed by atoms with Gasteiger partial charge >= 0.3 is 0 Å². The molecule has 0 heterocycles. The van der Waals surface area contributed by atoms with E-state index in [0.717, 1.165) is 12.3 Å². The summed E-state index contributed by atoms with van der Waals surface area (Å²) < 4.78 is 0. The van der Waals surface area contributed by atoms with Crippen molar-refractivity contribution < 1.29 is 5.11 Å². The maximum atomic E-state index is 8.62. The second-order valence-electron chi connectivity index (χ2n) is 4.91. The number of alkyl halides is 1. The van der Waals surface area contributed by atoms with E-state index < -0.39 is 0 Å². The van der Waals surface area contributed by atoms with E-state index in [0.29, 0.717) is 12.0 Å². The molecule has 2 heteroatoms. The maximum absolute atomic E-state index is 8.62. The molecule has 1 N–H and O–H groups in total. The van der Waals surface area contributed by atoms with E-state index >= 15 is 0 Å². The summed E-state index contributed by atoms with van der Waals surface area (Å²) in [5.74, 6) is 0.921. The Hall–Kier alpha value is 0.250. The number of halogens is 1. The second kappa shape index (κ2) is 8.41. The molecule has 0 saturated heterocycles. The fourth-order valence-corrected chi connectivity index (χ4v) is 2.91. The highest BCUT2D eigenvalue weighted by Gasteiger charge is 2.21. The summed E-state index contributed by atoms with van der Waals surface area (Å²) in [6.45, 7) is 0.360. The van der Waals surface area contributed by atoms with Crippen molar-refractivity contribution in [1.29, 1.82) is 0 Å². The van der Waals surface area contributed by atoms with Crippen molar-refractivity contribution in [1.82, 2.24) is 0 Å².